The van der Waals surface area contributed by atoms with E-state index in [0.717, 1.165) is 24.0 Å². The van der Waals surface area contributed by atoms with E-state index in [9.17, 15) is 5.11 Å². The van der Waals surface area contributed by atoms with Crippen molar-refractivity contribution < 1.29 is 5.11 Å². The highest BCUT2D eigenvalue weighted by Crippen LogP contribution is 2.18. The molecule has 106 valence electrons. The van der Waals surface area contributed by atoms with Crippen molar-refractivity contribution in [2.24, 2.45) is 11.5 Å². The molecule has 2 aromatic carbocycles. The summed E-state index contributed by atoms with van der Waals surface area (Å²) in [7, 11) is 0. The van der Waals surface area contributed by atoms with E-state index in [4.69, 9.17) is 11.5 Å². The molecule has 0 heterocycles. The molecule has 0 saturated heterocycles. The van der Waals surface area contributed by atoms with Crippen molar-refractivity contribution in [3.05, 3.63) is 65.2 Å². The topological polar surface area (TPSA) is 72.3 Å². The largest absolute Gasteiger partial charge is 0.508 e. The van der Waals surface area contributed by atoms with Gasteiger partial charge < -0.3 is 16.6 Å². The van der Waals surface area contributed by atoms with E-state index in [1.165, 1.54) is 5.56 Å². The van der Waals surface area contributed by atoms with Gasteiger partial charge in [-0.1, -0.05) is 42.5 Å². The van der Waals surface area contributed by atoms with Gasteiger partial charge in [-0.05, 0) is 42.5 Å². The summed E-state index contributed by atoms with van der Waals surface area (Å²) in [5.41, 5.74) is 15.6. The number of nitrogens with two attached hydrogens (primary N) is 2. The molecule has 0 aliphatic rings. The standard InChI is InChI=1S/C17H22N2O/c1-12-9-14(7-8-17(12)20)11-16(19)15(18)10-13-5-3-2-4-6-13/h2-9,15-16,20H,10-11,18-19H2,1H3. The number of phenolic OH excluding ortho intramolecular Hbond substituents is 1. The fourth-order valence-corrected chi connectivity index (χ4v) is 2.31. The first-order valence-electron chi connectivity index (χ1n) is 6.90. The van der Waals surface area contributed by atoms with Gasteiger partial charge in [-0.2, -0.15) is 0 Å². The van der Waals surface area contributed by atoms with Gasteiger partial charge in [0.25, 0.3) is 0 Å². The van der Waals surface area contributed by atoms with Crippen molar-refractivity contribution in [3.63, 3.8) is 0 Å². The Morgan fingerprint density at radius 1 is 0.900 bits per heavy atom. The number of hydrogen-bond donors (Lipinski definition) is 3. The minimum atomic E-state index is -0.0980. The maximum atomic E-state index is 9.53. The average Bonchev–Trinajstić information content (AvgIpc) is 2.44. The summed E-state index contributed by atoms with van der Waals surface area (Å²) in [5.74, 6) is 0.316. The summed E-state index contributed by atoms with van der Waals surface area (Å²) >= 11 is 0. The van der Waals surface area contributed by atoms with E-state index >= 15 is 0 Å². The van der Waals surface area contributed by atoms with Crippen molar-refractivity contribution in [1.29, 1.82) is 0 Å². The second-order valence-corrected chi connectivity index (χ2v) is 5.34. The van der Waals surface area contributed by atoms with Gasteiger partial charge in [-0.3, -0.25) is 0 Å². The fraction of sp³-hybridized carbons (Fsp3) is 0.294. The van der Waals surface area contributed by atoms with E-state index < -0.39 is 0 Å². The van der Waals surface area contributed by atoms with Crippen molar-refractivity contribution in [2.75, 3.05) is 0 Å². The van der Waals surface area contributed by atoms with Gasteiger partial charge in [0.15, 0.2) is 0 Å². The Bertz CT molecular complexity index is 554. The highest BCUT2D eigenvalue weighted by atomic mass is 16.3. The minimum absolute atomic E-state index is 0.0773. The van der Waals surface area contributed by atoms with Crippen LogP contribution in [0.25, 0.3) is 0 Å². The van der Waals surface area contributed by atoms with E-state index in [1.54, 1.807) is 6.07 Å². The summed E-state index contributed by atoms with van der Waals surface area (Å²) in [6.45, 7) is 1.88. The van der Waals surface area contributed by atoms with Crippen LogP contribution in [0, 0.1) is 6.92 Å². The molecule has 0 spiro atoms. The Balaban J connectivity index is 1.96. The van der Waals surface area contributed by atoms with Gasteiger partial charge in [0.1, 0.15) is 5.75 Å². The Hall–Kier alpha value is -1.84. The molecule has 2 unspecified atom stereocenters. The zero-order valence-corrected chi connectivity index (χ0v) is 11.8. The molecule has 0 aliphatic heterocycles. The van der Waals surface area contributed by atoms with E-state index in [2.05, 4.69) is 12.1 Å². The van der Waals surface area contributed by atoms with Crippen LogP contribution in [0.2, 0.25) is 0 Å². The van der Waals surface area contributed by atoms with Crippen molar-refractivity contribution in [1.82, 2.24) is 0 Å². The molecule has 2 atom stereocenters. The molecule has 0 bridgehead atoms. The van der Waals surface area contributed by atoms with Gasteiger partial charge in [-0.25, -0.2) is 0 Å². The molecule has 20 heavy (non-hydrogen) atoms. The van der Waals surface area contributed by atoms with Crippen LogP contribution in [0.4, 0.5) is 0 Å². The lowest BCUT2D eigenvalue weighted by atomic mass is 9.95. The fourth-order valence-electron chi connectivity index (χ4n) is 2.31. The highest BCUT2D eigenvalue weighted by molar-refractivity contribution is 5.35. The number of benzene rings is 2. The van der Waals surface area contributed by atoms with Crippen molar-refractivity contribution >= 4 is 0 Å². The zero-order valence-electron chi connectivity index (χ0n) is 11.8. The molecule has 3 heteroatoms. The summed E-state index contributed by atoms with van der Waals surface area (Å²) in [6.07, 6.45) is 1.49. The summed E-state index contributed by atoms with van der Waals surface area (Å²) < 4.78 is 0. The van der Waals surface area contributed by atoms with Crippen LogP contribution in [0.3, 0.4) is 0 Å². The van der Waals surface area contributed by atoms with E-state index in [1.807, 2.05) is 37.3 Å². The predicted molar refractivity (Wildman–Crippen MR) is 82.6 cm³/mol. The zero-order chi connectivity index (χ0) is 14.5. The molecule has 0 saturated carbocycles. The quantitative estimate of drug-likeness (QED) is 0.779. The first-order valence-corrected chi connectivity index (χ1v) is 6.90. The second-order valence-electron chi connectivity index (χ2n) is 5.34. The summed E-state index contributed by atoms with van der Waals surface area (Å²) in [6, 6.07) is 15.5. The number of hydrogen-bond acceptors (Lipinski definition) is 3. The molecule has 0 radical (unpaired) electrons. The first kappa shape index (κ1) is 14.6. The van der Waals surface area contributed by atoms with Crippen LogP contribution < -0.4 is 11.5 Å². The minimum Gasteiger partial charge on any atom is -0.508 e. The first-order chi connectivity index (χ1) is 9.56. The Morgan fingerprint density at radius 3 is 2.10 bits per heavy atom. The van der Waals surface area contributed by atoms with Crippen molar-refractivity contribution in [3.8, 4) is 5.75 Å². The molecule has 3 nitrogen and oxygen atoms in total. The molecule has 0 amide bonds. The molecule has 2 aromatic rings. The number of phenols is 1. The van der Waals surface area contributed by atoms with E-state index in [-0.39, 0.29) is 12.1 Å². The third-order valence-electron chi connectivity index (χ3n) is 3.60. The van der Waals surface area contributed by atoms with Crippen LogP contribution in [-0.4, -0.2) is 17.2 Å². The Morgan fingerprint density at radius 2 is 1.50 bits per heavy atom. The van der Waals surface area contributed by atoms with Crippen LogP contribution in [0.15, 0.2) is 48.5 Å². The molecule has 2 rings (SSSR count). The third kappa shape index (κ3) is 3.83. The van der Waals surface area contributed by atoms with Crippen LogP contribution in [0.5, 0.6) is 5.75 Å². The highest BCUT2D eigenvalue weighted by Gasteiger charge is 2.14. The summed E-state index contributed by atoms with van der Waals surface area (Å²) in [5, 5.41) is 9.53. The molecule has 0 fully saturated rings. The molecular weight excluding hydrogens is 248 g/mol. The second kappa shape index (κ2) is 6.55. The van der Waals surface area contributed by atoms with Gasteiger partial charge in [0, 0.05) is 12.1 Å². The van der Waals surface area contributed by atoms with Gasteiger partial charge in [0.05, 0.1) is 0 Å². The Kier molecular flexibility index (Phi) is 4.77. The van der Waals surface area contributed by atoms with Gasteiger partial charge in [0.2, 0.25) is 0 Å². The smallest absolute Gasteiger partial charge is 0.118 e. The predicted octanol–water partition coefficient (Wildman–Crippen LogP) is 2.14. The van der Waals surface area contributed by atoms with E-state index in [0.29, 0.717) is 5.75 Å². The number of aromatic hydroxyl groups is 1. The maximum absolute atomic E-state index is 9.53. The van der Waals surface area contributed by atoms with Crippen molar-refractivity contribution in [2.45, 2.75) is 31.8 Å². The molecular formula is C17H22N2O. The van der Waals surface area contributed by atoms with Gasteiger partial charge in [-0.15, -0.1) is 0 Å². The Labute approximate surface area is 120 Å². The number of aryl methyl sites for hydroxylation is 1. The lowest BCUT2D eigenvalue weighted by Crippen LogP contribution is -2.44. The summed E-state index contributed by atoms with van der Waals surface area (Å²) in [4.78, 5) is 0. The van der Waals surface area contributed by atoms with Crippen LogP contribution >= 0.6 is 0 Å². The molecule has 5 N–H and O–H groups in total. The van der Waals surface area contributed by atoms with Crippen LogP contribution in [0.1, 0.15) is 16.7 Å². The molecule has 0 aliphatic carbocycles. The SMILES string of the molecule is Cc1cc(CC(N)C(N)Cc2ccccc2)ccc1O. The monoisotopic (exact) mass is 270 g/mol. The van der Waals surface area contributed by atoms with Gasteiger partial charge >= 0.3 is 0 Å². The molecule has 0 aromatic heterocycles. The van der Waals surface area contributed by atoms with Crippen LogP contribution in [-0.2, 0) is 12.8 Å². The average molecular weight is 270 g/mol. The maximum Gasteiger partial charge on any atom is 0.118 e. The third-order valence-corrected chi connectivity index (χ3v) is 3.60. The normalized spacial score (nSPS) is 13.9. The lowest BCUT2D eigenvalue weighted by molar-refractivity contribution is 0.470. The number of rotatable bonds is 5. The lowest BCUT2D eigenvalue weighted by Gasteiger charge is -2.20.